The van der Waals surface area contributed by atoms with Crippen LogP contribution in [0.5, 0.6) is 0 Å². The number of amides is 2. The summed E-state index contributed by atoms with van der Waals surface area (Å²) in [7, 11) is 0. The monoisotopic (exact) mass is 320 g/mol. The Bertz CT molecular complexity index is 462. The fourth-order valence-corrected chi connectivity index (χ4v) is 1.78. The molecule has 7 heteroatoms. The lowest BCUT2D eigenvalue weighted by Gasteiger charge is -2.14. The smallest absolute Gasteiger partial charge is 0.314 e. The molecule has 4 nitrogen and oxygen atoms in total. The Morgan fingerprint density at radius 1 is 1.45 bits per heavy atom. The van der Waals surface area contributed by atoms with E-state index in [1.165, 1.54) is 12.1 Å². The van der Waals surface area contributed by atoms with E-state index in [0.717, 1.165) is 6.07 Å². The van der Waals surface area contributed by atoms with E-state index in [2.05, 4.69) is 10.6 Å². The van der Waals surface area contributed by atoms with Crippen molar-refractivity contribution in [3.8, 4) is 0 Å². The number of nitrogens with one attached hydrogen (secondary N) is 2. The maximum Gasteiger partial charge on any atom is 0.314 e. The molecule has 2 atom stereocenters. The first-order chi connectivity index (χ1) is 9.43. The van der Waals surface area contributed by atoms with Gasteiger partial charge in [-0.2, -0.15) is 11.8 Å². The Balaban J connectivity index is 2.40. The highest BCUT2D eigenvalue weighted by atomic mass is 35.5. The molecule has 0 bridgehead atoms. The summed E-state index contributed by atoms with van der Waals surface area (Å²) in [5, 5.41) is 15.4. The van der Waals surface area contributed by atoms with E-state index in [1.54, 1.807) is 11.8 Å². The van der Waals surface area contributed by atoms with Gasteiger partial charge in [0.05, 0.1) is 11.1 Å². The number of benzene rings is 1. The van der Waals surface area contributed by atoms with E-state index in [0.29, 0.717) is 17.4 Å². The number of aliphatic hydroxyl groups excluding tert-OH is 1. The predicted octanol–water partition coefficient (Wildman–Crippen LogP) is 2.56. The van der Waals surface area contributed by atoms with Crippen molar-refractivity contribution in [2.45, 2.75) is 18.3 Å². The number of carbonyl (C=O) groups excluding carboxylic acids is 1. The van der Waals surface area contributed by atoms with Gasteiger partial charge in [-0.25, -0.2) is 9.18 Å². The van der Waals surface area contributed by atoms with Crippen molar-refractivity contribution in [2.24, 2.45) is 0 Å². The Hall–Kier alpha value is -0.980. The highest BCUT2D eigenvalue weighted by Crippen LogP contribution is 2.19. The number of rotatable bonds is 6. The quantitative estimate of drug-likeness (QED) is 0.755. The van der Waals surface area contributed by atoms with Crippen LogP contribution >= 0.6 is 23.4 Å². The van der Waals surface area contributed by atoms with Gasteiger partial charge in [-0.1, -0.05) is 24.6 Å². The highest BCUT2D eigenvalue weighted by Gasteiger charge is 2.12. The molecule has 20 heavy (non-hydrogen) atoms. The van der Waals surface area contributed by atoms with Gasteiger partial charge in [0.25, 0.3) is 0 Å². The first kappa shape index (κ1) is 17.1. The van der Waals surface area contributed by atoms with Crippen molar-refractivity contribution in [3.63, 3.8) is 0 Å². The first-order valence-corrected chi connectivity index (χ1v) is 7.78. The predicted molar refractivity (Wildman–Crippen MR) is 80.7 cm³/mol. The molecule has 0 fully saturated rings. The maximum atomic E-state index is 13.2. The number of carbonyl (C=O) groups is 1. The molecule has 0 saturated carbocycles. The van der Waals surface area contributed by atoms with E-state index >= 15 is 0 Å². The van der Waals surface area contributed by atoms with E-state index in [1.807, 2.05) is 13.2 Å². The molecule has 0 saturated heterocycles. The first-order valence-electron chi connectivity index (χ1n) is 6.11. The second kappa shape index (κ2) is 8.34. The summed E-state index contributed by atoms with van der Waals surface area (Å²) in [6.07, 6.45) is 0.980. The van der Waals surface area contributed by atoms with Crippen LogP contribution in [0.1, 0.15) is 18.6 Å². The standard InChI is InChI=1S/C13H18ClFN2O2S/c1-8(20-2)6-16-13(19)17-7-12(18)9-3-4-10(14)11(15)5-9/h3-5,8,12,18H,6-7H2,1-2H3,(H2,16,17,19)/t8-,12+/m1/s1. The Morgan fingerprint density at radius 3 is 2.70 bits per heavy atom. The Labute approximate surface area is 127 Å². The van der Waals surface area contributed by atoms with Crippen LogP contribution in [0.2, 0.25) is 5.02 Å². The van der Waals surface area contributed by atoms with Gasteiger partial charge >= 0.3 is 6.03 Å². The summed E-state index contributed by atoms with van der Waals surface area (Å²) in [5.74, 6) is -0.596. The molecule has 0 aromatic heterocycles. The summed E-state index contributed by atoms with van der Waals surface area (Å²) in [5.41, 5.74) is 0.365. The minimum absolute atomic E-state index is 0.000550. The van der Waals surface area contributed by atoms with Gasteiger partial charge < -0.3 is 15.7 Å². The second-order valence-electron chi connectivity index (χ2n) is 4.33. The van der Waals surface area contributed by atoms with Crippen molar-refractivity contribution >= 4 is 29.4 Å². The van der Waals surface area contributed by atoms with E-state index < -0.39 is 11.9 Å². The molecule has 2 amide bonds. The van der Waals surface area contributed by atoms with Crippen LogP contribution in [0.25, 0.3) is 0 Å². The molecule has 0 aliphatic heterocycles. The molecular weight excluding hydrogens is 303 g/mol. The summed E-state index contributed by atoms with van der Waals surface area (Å²) in [6, 6.07) is 3.68. The van der Waals surface area contributed by atoms with E-state index in [-0.39, 0.29) is 17.6 Å². The largest absolute Gasteiger partial charge is 0.387 e. The molecule has 0 heterocycles. The molecule has 0 aliphatic rings. The lowest BCUT2D eigenvalue weighted by Crippen LogP contribution is -2.40. The van der Waals surface area contributed by atoms with Crippen molar-refractivity contribution in [1.82, 2.24) is 10.6 Å². The van der Waals surface area contributed by atoms with Crippen LogP contribution in [-0.4, -0.2) is 35.7 Å². The number of thioether (sulfide) groups is 1. The van der Waals surface area contributed by atoms with Crippen molar-refractivity contribution in [2.75, 3.05) is 19.3 Å². The number of halogens is 2. The summed E-state index contributed by atoms with van der Waals surface area (Å²) in [4.78, 5) is 11.5. The maximum absolute atomic E-state index is 13.2. The van der Waals surface area contributed by atoms with Crippen LogP contribution in [0.3, 0.4) is 0 Å². The minimum Gasteiger partial charge on any atom is -0.387 e. The van der Waals surface area contributed by atoms with Crippen LogP contribution < -0.4 is 10.6 Å². The lowest BCUT2D eigenvalue weighted by atomic mass is 10.1. The lowest BCUT2D eigenvalue weighted by molar-refractivity contribution is 0.173. The third-order valence-corrected chi connectivity index (χ3v) is 4.01. The van der Waals surface area contributed by atoms with Crippen LogP contribution in [-0.2, 0) is 0 Å². The number of hydrogen-bond donors (Lipinski definition) is 3. The average molecular weight is 321 g/mol. The zero-order chi connectivity index (χ0) is 15.1. The Morgan fingerprint density at radius 2 is 2.10 bits per heavy atom. The molecule has 1 aromatic carbocycles. The highest BCUT2D eigenvalue weighted by molar-refractivity contribution is 7.99. The molecule has 0 spiro atoms. The van der Waals surface area contributed by atoms with Gasteiger partial charge in [0.2, 0.25) is 0 Å². The van der Waals surface area contributed by atoms with Gasteiger partial charge in [0.1, 0.15) is 5.82 Å². The normalized spacial score (nSPS) is 13.7. The van der Waals surface area contributed by atoms with Gasteiger partial charge in [0, 0.05) is 18.3 Å². The molecule has 1 aromatic rings. The summed E-state index contributed by atoms with van der Waals surface area (Å²) < 4.78 is 13.2. The molecular formula is C13H18ClFN2O2S. The number of aliphatic hydroxyl groups is 1. The van der Waals surface area contributed by atoms with Gasteiger partial charge in [-0.05, 0) is 24.0 Å². The number of urea groups is 1. The zero-order valence-corrected chi connectivity index (χ0v) is 12.9. The molecule has 112 valence electrons. The van der Waals surface area contributed by atoms with Gasteiger partial charge in [0.15, 0.2) is 0 Å². The molecule has 0 aliphatic carbocycles. The van der Waals surface area contributed by atoms with Crippen LogP contribution in [0.4, 0.5) is 9.18 Å². The molecule has 0 unspecified atom stereocenters. The Kier molecular flexibility index (Phi) is 7.12. The molecule has 1 rings (SSSR count). The molecule has 3 N–H and O–H groups in total. The van der Waals surface area contributed by atoms with Gasteiger partial charge in [-0.3, -0.25) is 0 Å². The third kappa shape index (κ3) is 5.56. The third-order valence-electron chi connectivity index (χ3n) is 2.74. The average Bonchev–Trinajstić information content (AvgIpc) is 2.44. The van der Waals surface area contributed by atoms with E-state index in [9.17, 15) is 14.3 Å². The zero-order valence-electron chi connectivity index (χ0n) is 11.3. The topological polar surface area (TPSA) is 61.4 Å². The second-order valence-corrected chi connectivity index (χ2v) is 6.01. The fourth-order valence-electron chi connectivity index (χ4n) is 1.41. The fraction of sp³-hybridized carbons (Fsp3) is 0.462. The summed E-state index contributed by atoms with van der Waals surface area (Å²) >= 11 is 7.20. The van der Waals surface area contributed by atoms with Crippen molar-refractivity contribution in [3.05, 3.63) is 34.6 Å². The van der Waals surface area contributed by atoms with E-state index in [4.69, 9.17) is 11.6 Å². The molecule has 0 radical (unpaired) electrons. The van der Waals surface area contributed by atoms with Gasteiger partial charge in [-0.15, -0.1) is 0 Å². The summed E-state index contributed by atoms with van der Waals surface area (Å²) in [6.45, 7) is 2.54. The SMILES string of the molecule is CS[C@H](C)CNC(=O)NC[C@H](O)c1ccc(Cl)c(F)c1. The van der Waals surface area contributed by atoms with Crippen LogP contribution in [0, 0.1) is 5.82 Å². The minimum atomic E-state index is -0.981. The van der Waals surface area contributed by atoms with Crippen molar-refractivity contribution in [1.29, 1.82) is 0 Å². The number of hydrogen-bond acceptors (Lipinski definition) is 3. The van der Waals surface area contributed by atoms with Crippen LogP contribution in [0.15, 0.2) is 18.2 Å². The van der Waals surface area contributed by atoms with Crippen molar-refractivity contribution < 1.29 is 14.3 Å².